The smallest absolute Gasteiger partial charge is 0.120 e. The Balaban J connectivity index is 2.12. The Morgan fingerprint density at radius 3 is 2.45 bits per heavy atom. The number of aliphatic hydroxyl groups excluding tert-OH is 1. The van der Waals surface area contributed by atoms with Crippen molar-refractivity contribution in [3.63, 3.8) is 0 Å². The molecule has 2 aromatic rings. The van der Waals surface area contributed by atoms with E-state index in [9.17, 15) is 5.11 Å². The number of rotatable bonds is 5. The van der Waals surface area contributed by atoms with Crippen LogP contribution in [-0.2, 0) is 6.42 Å². The van der Waals surface area contributed by atoms with E-state index >= 15 is 0 Å². The molecule has 0 amide bonds. The molecule has 0 radical (unpaired) electrons. The summed E-state index contributed by atoms with van der Waals surface area (Å²) in [5, 5.41) is 10.4. The van der Waals surface area contributed by atoms with Gasteiger partial charge in [-0.15, -0.1) is 0 Å². The predicted molar refractivity (Wildman–Crippen MR) is 85.2 cm³/mol. The SMILES string of the molecule is CCOc1ccc(C(O)Cc2ccc(C)cc2)c(Br)c1. The van der Waals surface area contributed by atoms with Crippen molar-refractivity contribution in [3.05, 3.63) is 63.6 Å². The van der Waals surface area contributed by atoms with Crippen molar-refractivity contribution in [3.8, 4) is 5.75 Å². The lowest BCUT2D eigenvalue weighted by Gasteiger charge is -2.14. The lowest BCUT2D eigenvalue weighted by atomic mass is 10.0. The van der Waals surface area contributed by atoms with E-state index < -0.39 is 6.10 Å². The first-order valence-corrected chi connectivity index (χ1v) is 7.55. The number of aryl methyl sites for hydroxylation is 1. The van der Waals surface area contributed by atoms with E-state index in [1.165, 1.54) is 5.56 Å². The molecule has 0 aromatic heterocycles. The van der Waals surface area contributed by atoms with Gasteiger partial charge in [0.15, 0.2) is 0 Å². The van der Waals surface area contributed by atoms with Crippen molar-refractivity contribution in [1.82, 2.24) is 0 Å². The molecule has 0 saturated heterocycles. The van der Waals surface area contributed by atoms with Gasteiger partial charge >= 0.3 is 0 Å². The van der Waals surface area contributed by atoms with Crippen LogP contribution in [0, 0.1) is 6.92 Å². The van der Waals surface area contributed by atoms with Crippen LogP contribution in [0.2, 0.25) is 0 Å². The van der Waals surface area contributed by atoms with Crippen molar-refractivity contribution < 1.29 is 9.84 Å². The van der Waals surface area contributed by atoms with Gasteiger partial charge in [-0.3, -0.25) is 0 Å². The summed E-state index contributed by atoms with van der Waals surface area (Å²) >= 11 is 3.50. The Hall–Kier alpha value is -1.32. The summed E-state index contributed by atoms with van der Waals surface area (Å²) in [7, 11) is 0. The van der Waals surface area contributed by atoms with Crippen molar-refractivity contribution in [2.24, 2.45) is 0 Å². The first-order chi connectivity index (χ1) is 9.60. The summed E-state index contributed by atoms with van der Waals surface area (Å²) in [6.07, 6.45) is 0.0788. The molecule has 0 bridgehead atoms. The van der Waals surface area contributed by atoms with Gasteiger partial charge in [-0.25, -0.2) is 0 Å². The van der Waals surface area contributed by atoms with Crippen LogP contribution in [0.1, 0.15) is 29.7 Å². The average Bonchev–Trinajstić information content (AvgIpc) is 2.42. The van der Waals surface area contributed by atoms with Crippen molar-refractivity contribution in [1.29, 1.82) is 0 Å². The fourth-order valence-electron chi connectivity index (χ4n) is 2.09. The van der Waals surface area contributed by atoms with Crippen molar-refractivity contribution >= 4 is 15.9 Å². The van der Waals surface area contributed by atoms with Gasteiger partial charge in [-0.2, -0.15) is 0 Å². The Morgan fingerprint density at radius 2 is 1.85 bits per heavy atom. The molecule has 1 N–H and O–H groups in total. The van der Waals surface area contributed by atoms with Crippen LogP contribution in [0.15, 0.2) is 46.9 Å². The Bertz CT molecular complexity index is 564. The molecule has 0 spiro atoms. The minimum atomic E-state index is -0.525. The number of hydrogen-bond donors (Lipinski definition) is 1. The topological polar surface area (TPSA) is 29.5 Å². The van der Waals surface area contributed by atoms with Crippen LogP contribution in [0.25, 0.3) is 0 Å². The number of aliphatic hydroxyl groups is 1. The van der Waals surface area contributed by atoms with Gasteiger partial charge in [0, 0.05) is 10.9 Å². The summed E-state index contributed by atoms with van der Waals surface area (Å²) in [5.74, 6) is 0.811. The second-order valence-electron chi connectivity index (χ2n) is 4.82. The van der Waals surface area contributed by atoms with E-state index in [1.807, 2.05) is 25.1 Å². The highest BCUT2D eigenvalue weighted by atomic mass is 79.9. The van der Waals surface area contributed by atoms with Gasteiger partial charge < -0.3 is 9.84 Å². The van der Waals surface area contributed by atoms with Crippen LogP contribution in [-0.4, -0.2) is 11.7 Å². The average molecular weight is 335 g/mol. The Kier molecular flexibility index (Phi) is 5.21. The molecule has 0 saturated carbocycles. The molecule has 0 fully saturated rings. The van der Waals surface area contributed by atoms with Gasteiger partial charge in [0.1, 0.15) is 5.75 Å². The lowest BCUT2D eigenvalue weighted by Crippen LogP contribution is -2.03. The van der Waals surface area contributed by atoms with E-state index in [2.05, 4.69) is 47.1 Å². The molecule has 1 unspecified atom stereocenters. The molecule has 0 heterocycles. The van der Waals surface area contributed by atoms with E-state index in [1.54, 1.807) is 0 Å². The number of halogens is 1. The third kappa shape index (κ3) is 3.84. The maximum Gasteiger partial charge on any atom is 0.120 e. The maximum absolute atomic E-state index is 10.4. The molecule has 106 valence electrons. The highest BCUT2D eigenvalue weighted by Crippen LogP contribution is 2.29. The number of benzene rings is 2. The maximum atomic E-state index is 10.4. The summed E-state index contributed by atoms with van der Waals surface area (Å²) in [4.78, 5) is 0. The zero-order valence-corrected chi connectivity index (χ0v) is 13.4. The van der Waals surface area contributed by atoms with Crippen LogP contribution in [0.3, 0.4) is 0 Å². The molecule has 0 aliphatic carbocycles. The normalized spacial score (nSPS) is 12.2. The third-order valence-electron chi connectivity index (χ3n) is 3.19. The van der Waals surface area contributed by atoms with Crippen LogP contribution >= 0.6 is 15.9 Å². The summed E-state index contributed by atoms with van der Waals surface area (Å²) in [5.41, 5.74) is 3.24. The van der Waals surface area contributed by atoms with E-state index in [4.69, 9.17) is 4.74 Å². The summed E-state index contributed by atoms with van der Waals surface area (Å²) < 4.78 is 6.32. The molecule has 20 heavy (non-hydrogen) atoms. The van der Waals surface area contributed by atoms with Gasteiger partial charge in [-0.1, -0.05) is 51.8 Å². The van der Waals surface area contributed by atoms with E-state index in [-0.39, 0.29) is 0 Å². The van der Waals surface area contributed by atoms with Gasteiger partial charge in [-0.05, 0) is 37.1 Å². The largest absolute Gasteiger partial charge is 0.494 e. The van der Waals surface area contributed by atoms with Crippen molar-refractivity contribution in [2.45, 2.75) is 26.4 Å². The molecule has 2 nitrogen and oxygen atoms in total. The quantitative estimate of drug-likeness (QED) is 0.876. The molecular formula is C17H19BrO2. The molecule has 0 aliphatic rings. The fraction of sp³-hybridized carbons (Fsp3) is 0.294. The first-order valence-electron chi connectivity index (χ1n) is 6.76. The highest BCUT2D eigenvalue weighted by Gasteiger charge is 2.13. The standard InChI is InChI=1S/C17H19BrO2/c1-3-20-14-8-9-15(16(18)11-14)17(19)10-13-6-4-12(2)5-7-13/h4-9,11,17,19H,3,10H2,1-2H3. The number of ether oxygens (including phenoxy) is 1. The van der Waals surface area contributed by atoms with Gasteiger partial charge in [0.2, 0.25) is 0 Å². The summed E-state index contributed by atoms with van der Waals surface area (Å²) in [6.45, 7) is 4.65. The zero-order chi connectivity index (χ0) is 14.5. The molecule has 3 heteroatoms. The monoisotopic (exact) mass is 334 g/mol. The predicted octanol–water partition coefficient (Wildman–Crippen LogP) is 4.43. The molecule has 0 aliphatic heterocycles. The second-order valence-corrected chi connectivity index (χ2v) is 5.68. The lowest BCUT2D eigenvalue weighted by molar-refractivity contribution is 0.177. The third-order valence-corrected chi connectivity index (χ3v) is 3.88. The van der Waals surface area contributed by atoms with Crippen LogP contribution in [0.5, 0.6) is 5.75 Å². The van der Waals surface area contributed by atoms with Crippen molar-refractivity contribution in [2.75, 3.05) is 6.61 Å². The second kappa shape index (κ2) is 6.91. The van der Waals surface area contributed by atoms with Gasteiger partial charge in [0.25, 0.3) is 0 Å². The Morgan fingerprint density at radius 1 is 1.15 bits per heavy atom. The van der Waals surface area contributed by atoms with Crippen LogP contribution < -0.4 is 4.74 Å². The van der Waals surface area contributed by atoms with E-state index in [0.29, 0.717) is 13.0 Å². The minimum absolute atomic E-state index is 0.525. The molecule has 1 atom stereocenters. The highest BCUT2D eigenvalue weighted by molar-refractivity contribution is 9.10. The Labute approximate surface area is 128 Å². The molecular weight excluding hydrogens is 316 g/mol. The summed E-state index contributed by atoms with van der Waals surface area (Å²) in [6, 6.07) is 13.9. The first kappa shape index (κ1) is 15.1. The minimum Gasteiger partial charge on any atom is -0.494 e. The fourth-order valence-corrected chi connectivity index (χ4v) is 2.71. The number of hydrogen-bond acceptors (Lipinski definition) is 2. The zero-order valence-electron chi connectivity index (χ0n) is 11.8. The van der Waals surface area contributed by atoms with Crippen LogP contribution in [0.4, 0.5) is 0 Å². The van der Waals surface area contributed by atoms with E-state index in [0.717, 1.165) is 21.3 Å². The van der Waals surface area contributed by atoms with Gasteiger partial charge in [0.05, 0.1) is 12.7 Å². The molecule has 2 aromatic carbocycles. The molecule has 2 rings (SSSR count).